The molecule has 4 rings (SSSR count). The molecule has 1 N–H and O–H groups in total. The molecule has 0 aromatic heterocycles. The van der Waals surface area contributed by atoms with Gasteiger partial charge in [0.15, 0.2) is 11.5 Å². The molecule has 0 spiro atoms. The van der Waals surface area contributed by atoms with E-state index in [1.54, 1.807) is 32.4 Å². The van der Waals surface area contributed by atoms with Crippen LogP contribution in [0.25, 0.3) is 0 Å². The number of carbonyl (C=O) groups excluding carboxylic acids is 1. The molecule has 0 atom stereocenters. The van der Waals surface area contributed by atoms with E-state index in [-0.39, 0.29) is 5.91 Å². The Morgan fingerprint density at radius 3 is 2.31 bits per heavy atom. The normalized spacial score (nSPS) is 14.1. The zero-order valence-corrected chi connectivity index (χ0v) is 18.6. The van der Waals surface area contributed by atoms with E-state index in [0.29, 0.717) is 17.1 Å². The number of carbonyl (C=O) groups is 1. The van der Waals surface area contributed by atoms with Crippen molar-refractivity contribution in [3.63, 3.8) is 0 Å². The number of amides is 1. The van der Waals surface area contributed by atoms with Gasteiger partial charge in [-0.05, 0) is 42.0 Å². The van der Waals surface area contributed by atoms with E-state index >= 15 is 0 Å². The molecule has 1 saturated heterocycles. The van der Waals surface area contributed by atoms with Crippen molar-refractivity contribution in [2.24, 2.45) is 0 Å². The number of ether oxygens (including phenoxy) is 2. The molecule has 32 heavy (non-hydrogen) atoms. The fourth-order valence-corrected chi connectivity index (χ4v) is 3.97. The fraction of sp³-hybridized carbons (Fsp3) is 0.269. The van der Waals surface area contributed by atoms with Gasteiger partial charge in [0.25, 0.3) is 5.91 Å². The van der Waals surface area contributed by atoms with Crippen LogP contribution in [0.4, 0.5) is 11.4 Å². The van der Waals surface area contributed by atoms with Gasteiger partial charge in [-0.2, -0.15) is 0 Å². The molecule has 0 aliphatic carbocycles. The molecule has 6 heteroatoms. The maximum atomic E-state index is 12.8. The molecule has 0 bridgehead atoms. The summed E-state index contributed by atoms with van der Waals surface area (Å²) < 4.78 is 10.6. The number of methoxy groups -OCH3 is 2. The van der Waals surface area contributed by atoms with E-state index in [4.69, 9.17) is 9.47 Å². The third-order valence-corrected chi connectivity index (χ3v) is 5.74. The predicted molar refractivity (Wildman–Crippen MR) is 128 cm³/mol. The average molecular weight is 432 g/mol. The molecular weight excluding hydrogens is 402 g/mol. The second-order valence-corrected chi connectivity index (χ2v) is 7.82. The van der Waals surface area contributed by atoms with Gasteiger partial charge in [0.2, 0.25) is 0 Å². The van der Waals surface area contributed by atoms with Gasteiger partial charge in [-0.1, -0.05) is 36.4 Å². The van der Waals surface area contributed by atoms with Crippen LogP contribution in [0.5, 0.6) is 11.5 Å². The summed E-state index contributed by atoms with van der Waals surface area (Å²) in [6.07, 6.45) is 0. The Kier molecular flexibility index (Phi) is 6.92. The van der Waals surface area contributed by atoms with Crippen molar-refractivity contribution < 1.29 is 14.3 Å². The number of benzene rings is 3. The monoisotopic (exact) mass is 431 g/mol. The Morgan fingerprint density at radius 2 is 1.59 bits per heavy atom. The number of piperazine rings is 1. The molecule has 1 fully saturated rings. The van der Waals surface area contributed by atoms with Crippen molar-refractivity contribution in [1.82, 2.24) is 4.90 Å². The van der Waals surface area contributed by atoms with Crippen molar-refractivity contribution in [3.8, 4) is 11.5 Å². The Bertz CT molecular complexity index is 1050. The maximum Gasteiger partial charge on any atom is 0.255 e. The van der Waals surface area contributed by atoms with Gasteiger partial charge >= 0.3 is 0 Å². The minimum atomic E-state index is -0.184. The van der Waals surface area contributed by atoms with Gasteiger partial charge < -0.3 is 19.7 Å². The third kappa shape index (κ3) is 5.21. The highest BCUT2D eigenvalue weighted by Gasteiger charge is 2.18. The highest BCUT2D eigenvalue weighted by atomic mass is 16.5. The van der Waals surface area contributed by atoms with Crippen LogP contribution < -0.4 is 19.7 Å². The summed E-state index contributed by atoms with van der Waals surface area (Å²) in [5.74, 6) is 0.940. The molecule has 1 aliphatic heterocycles. The van der Waals surface area contributed by atoms with Gasteiger partial charge in [0.05, 0.1) is 14.2 Å². The standard InChI is InChI=1S/C26H29N3O3/c1-31-24-12-11-21(17-25(24)32-2)26(30)27-22-9-6-10-23(18-22)29-15-13-28(14-16-29)19-20-7-4-3-5-8-20/h3-12,17-18H,13-16,19H2,1-2H3,(H,27,30). The van der Waals surface area contributed by atoms with Crippen molar-refractivity contribution in [2.75, 3.05) is 50.6 Å². The van der Waals surface area contributed by atoms with E-state index in [1.165, 1.54) is 5.56 Å². The van der Waals surface area contributed by atoms with Crippen molar-refractivity contribution in [1.29, 1.82) is 0 Å². The highest BCUT2D eigenvalue weighted by Crippen LogP contribution is 2.28. The Labute approximate surface area is 189 Å². The van der Waals surface area contributed by atoms with Crippen LogP contribution in [-0.2, 0) is 6.54 Å². The number of anilines is 2. The van der Waals surface area contributed by atoms with Gasteiger partial charge in [0, 0.05) is 49.7 Å². The van der Waals surface area contributed by atoms with Crippen LogP contribution in [0, 0.1) is 0 Å². The molecule has 0 saturated carbocycles. The van der Waals surface area contributed by atoms with Crippen molar-refractivity contribution in [3.05, 3.63) is 83.9 Å². The number of hydrogen-bond acceptors (Lipinski definition) is 5. The second-order valence-electron chi connectivity index (χ2n) is 7.82. The number of hydrogen-bond donors (Lipinski definition) is 1. The largest absolute Gasteiger partial charge is 0.493 e. The first-order chi connectivity index (χ1) is 15.7. The second kappa shape index (κ2) is 10.2. The molecule has 6 nitrogen and oxygen atoms in total. The molecule has 1 amide bonds. The lowest BCUT2D eigenvalue weighted by Gasteiger charge is -2.36. The zero-order chi connectivity index (χ0) is 22.3. The predicted octanol–water partition coefficient (Wildman–Crippen LogP) is 4.28. The topological polar surface area (TPSA) is 54.0 Å². The molecular formula is C26H29N3O3. The summed E-state index contributed by atoms with van der Waals surface area (Å²) in [4.78, 5) is 17.6. The summed E-state index contributed by atoms with van der Waals surface area (Å²) in [5.41, 5.74) is 3.76. The van der Waals surface area contributed by atoms with E-state index in [0.717, 1.165) is 44.1 Å². The quantitative estimate of drug-likeness (QED) is 0.605. The lowest BCUT2D eigenvalue weighted by atomic mass is 10.1. The molecule has 1 heterocycles. The zero-order valence-electron chi connectivity index (χ0n) is 18.6. The van der Waals surface area contributed by atoms with Gasteiger partial charge in [-0.3, -0.25) is 9.69 Å². The van der Waals surface area contributed by atoms with Crippen molar-refractivity contribution >= 4 is 17.3 Å². The summed E-state index contributed by atoms with van der Waals surface area (Å²) in [6.45, 7) is 4.92. The minimum absolute atomic E-state index is 0.184. The molecule has 0 unspecified atom stereocenters. The van der Waals surface area contributed by atoms with Crippen LogP contribution in [-0.4, -0.2) is 51.2 Å². The average Bonchev–Trinajstić information content (AvgIpc) is 2.85. The number of nitrogens with one attached hydrogen (secondary N) is 1. The van der Waals surface area contributed by atoms with Crippen LogP contribution in [0.3, 0.4) is 0 Å². The van der Waals surface area contributed by atoms with Gasteiger partial charge in [0.1, 0.15) is 0 Å². The first-order valence-corrected chi connectivity index (χ1v) is 10.8. The molecule has 1 aliphatic rings. The molecule has 3 aromatic carbocycles. The lowest BCUT2D eigenvalue weighted by Crippen LogP contribution is -2.45. The SMILES string of the molecule is COc1ccc(C(=O)Nc2cccc(N3CCN(Cc4ccccc4)CC3)c2)cc1OC. The first kappa shape index (κ1) is 21.7. The maximum absolute atomic E-state index is 12.8. The summed E-state index contributed by atoms with van der Waals surface area (Å²) in [6, 6.07) is 23.8. The van der Waals surface area contributed by atoms with E-state index in [1.807, 2.05) is 18.2 Å². The summed E-state index contributed by atoms with van der Waals surface area (Å²) in [5, 5.41) is 3.00. The lowest BCUT2D eigenvalue weighted by molar-refractivity contribution is 0.102. The van der Waals surface area contributed by atoms with Crippen molar-refractivity contribution in [2.45, 2.75) is 6.54 Å². The number of rotatable bonds is 7. The Hall–Kier alpha value is -3.51. The summed E-state index contributed by atoms with van der Waals surface area (Å²) in [7, 11) is 3.13. The minimum Gasteiger partial charge on any atom is -0.493 e. The van der Waals surface area contributed by atoms with Crippen LogP contribution in [0.15, 0.2) is 72.8 Å². The van der Waals surface area contributed by atoms with E-state index in [2.05, 4.69) is 51.5 Å². The molecule has 3 aromatic rings. The third-order valence-electron chi connectivity index (χ3n) is 5.74. The van der Waals surface area contributed by atoms with Gasteiger partial charge in [-0.25, -0.2) is 0 Å². The van der Waals surface area contributed by atoms with Gasteiger partial charge in [-0.15, -0.1) is 0 Å². The fourth-order valence-electron chi connectivity index (χ4n) is 3.97. The molecule has 0 radical (unpaired) electrons. The summed E-state index contributed by atoms with van der Waals surface area (Å²) >= 11 is 0. The van der Waals surface area contributed by atoms with E-state index < -0.39 is 0 Å². The molecule has 166 valence electrons. The number of nitrogens with zero attached hydrogens (tertiary/aromatic N) is 2. The van der Waals surface area contributed by atoms with Crippen LogP contribution >= 0.6 is 0 Å². The first-order valence-electron chi connectivity index (χ1n) is 10.8. The highest BCUT2D eigenvalue weighted by molar-refractivity contribution is 6.04. The van der Waals surface area contributed by atoms with E-state index in [9.17, 15) is 4.79 Å². The smallest absolute Gasteiger partial charge is 0.255 e. The Morgan fingerprint density at radius 1 is 0.844 bits per heavy atom. The van der Waals surface area contributed by atoms with Crippen LogP contribution in [0.2, 0.25) is 0 Å². The van der Waals surface area contributed by atoms with Crippen LogP contribution in [0.1, 0.15) is 15.9 Å². The Balaban J connectivity index is 1.37.